The predicted molar refractivity (Wildman–Crippen MR) is 111 cm³/mol. The lowest BCUT2D eigenvalue weighted by Gasteiger charge is -2.18. The number of rotatable bonds is 6. The molecule has 1 aromatic rings. The number of nitrogens with one attached hydrogen (secondary N) is 2. The average Bonchev–Trinajstić information content (AvgIpc) is 2.76. The smallest absolute Gasteiger partial charge is 0.307 e. The van der Waals surface area contributed by atoms with Crippen LogP contribution in [0.5, 0.6) is 0 Å². The van der Waals surface area contributed by atoms with E-state index in [-0.39, 0.29) is 32.6 Å². The van der Waals surface area contributed by atoms with Gasteiger partial charge in [-0.25, -0.2) is 0 Å². The number of amides is 2. The van der Waals surface area contributed by atoms with Crippen LogP contribution in [0.4, 0.5) is 0 Å². The molecule has 1 aliphatic rings. The number of ketones is 1. The molecule has 0 saturated heterocycles. The van der Waals surface area contributed by atoms with Gasteiger partial charge < -0.3 is 24.8 Å². The van der Waals surface area contributed by atoms with E-state index in [9.17, 15) is 19.2 Å². The van der Waals surface area contributed by atoms with Crippen molar-refractivity contribution in [1.29, 1.82) is 0 Å². The molecule has 0 spiro atoms. The van der Waals surface area contributed by atoms with E-state index in [1.165, 1.54) is 0 Å². The van der Waals surface area contributed by atoms with E-state index < -0.39 is 29.6 Å². The fraction of sp³-hybridized carbons (Fsp3) is 0.455. The summed E-state index contributed by atoms with van der Waals surface area (Å²) in [6, 6.07) is 5.83. The topological polar surface area (TPSA) is 120 Å². The minimum absolute atomic E-state index is 0.0338. The zero-order valence-corrected chi connectivity index (χ0v) is 17.6. The average molecular weight is 432 g/mol. The van der Waals surface area contributed by atoms with Gasteiger partial charge in [0.1, 0.15) is 6.04 Å². The Kier molecular flexibility index (Phi) is 10.4. The van der Waals surface area contributed by atoms with Crippen LogP contribution >= 0.6 is 0 Å². The quantitative estimate of drug-likeness (QED) is 0.390. The molecule has 0 radical (unpaired) electrons. The maximum Gasteiger partial charge on any atom is 0.307 e. The second-order valence-electron chi connectivity index (χ2n) is 6.69. The molecule has 1 heterocycles. The highest BCUT2D eigenvalue weighted by Crippen LogP contribution is 2.12. The van der Waals surface area contributed by atoms with Crippen molar-refractivity contribution in [2.45, 2.75) is 32.4 Å². The molecule has 9 nitrogen and oxygen atoms in total. The number of fused-ring (bicyclic) bond motifs is 1. The first kappa shape index (κ1) is 24.2. The van der Waals surface area contributed by atoms with Crippen molar-refractivity contribution in [1.82, 2.24) is 10.6 Å². The van der Waals surface area contributed by atoms with Crippen LogP contribution in [0.25, 0.3) is 0 Å². The van der Waals surface area contributed by atoms with Crippen molar-refractivity contribution >= 4 is 23.6 Å². The summed E-state index contributed by atoms with van der Waals surface area (Å²) in [6.45, 7) is 3.20. The Morgan fingerprint density at radius 3 is 2.74 bits per heavy atom. The SMILES string of the molecule is CCOC(=O)CCNC(=O)C(=O)C1C/C=C/COCCOCc2ccccc2C(=O)N1. The van der Waals surface area contributed by atoms with E-state index in [2.05, 4.69) is 10.6 Å². The van der Waals surface area contributed by atoms with Gasteiger partial charge in [0.05, 0.1) is 39.5 Å². The van der Waals surface area contributed by atoms with Gasteiger partial charge in [0.15, 0.2) is 0 Å². The first-order chi connectivity index (χ1) is 15.0. The maximum absolute atomic E-state index is 12.8. The molecule has 0 saturated carbocycles. The van der Waals surface area contributed by atoms with Gasteiger partial charge in [0.25, 0.3) is 11.8 Å². The highest BCUT2D eigenvalue weighted by Gasteiger charge is 2.27. The number of benzene rings is 1. The summed E-state index contributed by atoms with van der Waals surface area (Å²) in [6.07, 6.45) is 3.46. The van der Waals surface area contributed by atoms with Crippen LogP contribution in [0.3, 0.4) is 0 Å². The van der Waals surface area contributed by atoms with Crippen LogP contribution < -0.4 is 10.6 Å². The van der Waals surface area contributed by atoms with Gasteiger partial charge in [-0.1, -0.05) is 30.4 Å². The van der Waals surface area contributed by atoms with Crippen LogP contribution in [0, 0.1) is 0 Å². The van der Waals surface area contributed by atoms with E-state index in [1.807, 2.05) is 0 Å². The largest absolute Gasteiger partial charge is 0.466 e. The first-order valence-electron chi connectivity index (χ1n) is 10.2. The molecule has 0 aliphatic carbocycles. The van der Waals surface area contributed by atoms with Crippen LogP contribution in [0.2, 0.25) is 0 Å². The number of carbonyl (C=O) groups is 4. The monoisotopic (exact) mass is 432 g/mol. The number of hydrogen-bond acceptors (Lipinski definition) is 7. The molecule has 1 aromatic carbocycles. The Hall–Kier alpha value is -3.04. The van der Waals surface area contributed by atoms with Gasteiger partial charge in [-0.05, 0) is 25.0 Å². The number of hydrogen-bond donors (Lipinski definition) is 2. The Morgan fingerprint density at radius 2 is 1.94 bits per heavy atom. The number of ether oxygens (including phenoxy) is 3. The van der Waals surface area contributed by atoms with E-state index in [4.69, 9.17) is 14.2 Å². The zero-order valence-electron chi connectivity index (χ0n) is 17.6. The molecular weight excluding hydrogens is 404 g/mol. The molecule has 1 unspecified atom stereocenters. The molecule has 2 amide bonds. The molecule has 2 rings (SSSR count). The lowest BCUT2D eigenvalue weighted by atomic mass is 10.0. The van der Waals surface area contributed by atoms with E-state index in [0.717, 1.165) is 0 Å². The van der Waals surface area contributed by atoms with Gasteiger partial charge in [-0.15, -0.1) is 0 Å². The van der Waals surface area contributed by atoms with Crippen LogP contribution in [-0.2, 0) is 35.2 Å². The van der Waals surface area contributed by atoms with Crippen molar-refractivity contribution in [2.75, 3.05) is 33.0 Å². The van der Waals surface area contributed by atoms with Crippen molar-refractivity contribution < 1.29 is 33.4 Å². The Morgan fingerprint density at radius 1 is 1.16 bits per heavy atom. The molecule has 168 valence electrons. The van der Waals surface area contributed by atoms with Gasteiger partial charge >= 0.3 is 5.97 Å². The first-order valence-corrected chi connectivity index (χ1v) is 10.2. The van der Waals surface area contributed by atoms with Gasteiger partial charge in [0.2, 0.25) is 5.78 Å². The maximum atomic E-state index is 12.8. The molecule has 0 fully saturated rings. The second kappa shape index (κ2) is 13.3. The fourth-order valence-electron chi connectivity index (χ4n) is 2.84. The summed E-state index contributed by atoms with van der Waals surface area (Å²) >= 11 is 0. The van der Waals surface area contributed by atoms with E-state index >= 15 is 0 Å². The molecule has 1 aliphatic heterocycles. The Balaban J connectivity index is 2.09. The van der Waals surface area contributed by atoms with Gasteiger partial charge in [-0.2, -0.15) is 0 Å². The van der Waals surface area contributed by atoms with E-state index in [1.54, 1.807) is 43.3 Å². The van der Waals surface area contributed by atoms with Crippen molar-refractivity contribution in [2.24, 2.45) is 0 Å². The van der Waals surface area contributed by atoms with Crippen molar-refractivity contribution in [3.05, 3.63) is 47.5 Å². The van der Waals surface area contributed by atoms with Crippen molar-refractivity contribution in [3.8, 4) is 0 Å². The van der Waals surface area contributed by atoms with E-state index in [0.29, 0.717) is 30.9 Å². The normalized spacial score (nSPS) is 18.6. The summed E-state index contributed by atoms with van der Waals surface area (Å²) in [4.78, 5) is 49.1. The number of carbonyl (C=O) groups excluding carboxylic acids is 4. The van der Waals surface area contributed by atoms with Crippen LogP contribution in [-0.4, -0.2) is 62.6 Å². The van der Waals surface area contributed by atoms with Crippen LogP contribution in [0.1, 0.15) is 35.7 Å². The summed E-state index contributed by atoms with van der Waals surface area (Å²) < 4.78 is 15.7. The molecular formula is C22H28N2O7. The minimum Gasteiger partial charge on any atom is -0.466 e. The van der Waals surface area contributed by atoms with Gasteiger partial charge in [0, 0.05) is 12.1 Å². The zero-order chi connectivity index (χ0) is 22.5. The Labute approximate surface area is 181 Å². The minimum atomic E-state index is -1.07. The van der Waals surface area contributed by atoms with Crippen molar-refractivity contribution in [3.63, 3.8) is 0 Å². The molecule has 31 heavy (non-hydrogen) atoms. The third-order valence-corrected chi connectivity index (χ3v) is 4.41. The second-order valence-corrected chi connectivity index (χ2v) is 6.69. The summed E-state index contributed by atoms with van der Waals surface area (Å²) in [5, 5.41) is 5.04. The lowest BCUT2D eigenvalue weighted by Crippen LogP contribution is -2.47. The molecule has 0 bridgehead atoms. The predicted octanol–water partition coefficient (Wildman–Crippen LogP) is 0.917. The Bertz CT molecular complexity index is 807. The number of esters is 1. The summed E-state index contributed by atoms with van der Waals surface area (Å²) in [7, 11) is 0. The fourth-order valence-corrected chi connectivity index (χ4v) is 2.84. The molecule has 0 aromatic heterocycles. The highest BCUT2D eigenvalue weighted by molar-refractivity contribution is 6.38. The third kappa shape index (κ3) is 8.31. The lowest BCUT2D eigenvalue weighted by molar-refractivity contribution is -0.143. The van der Waals surface area contributed by atoms with Gasteiger partial charge in [-0.3, -0.25) is 19.2 Å². The molecule has 1 atom stereocenters. The number of Topliss-reactive ketones (excluding diaryl/α,β-unsaturated/α-hetero) is 1. The molecule has 9 heteroatoms. The standard InChI is InChI=1S/C22H28N2O7/c1-2-31-19(25)10-11-23-22(28)20(26)18-9-5-6-12-29-13-14-30-15-16-7-3-4-8-17(16)21(27)24-18/h3-8,18H,2,9-15H2,1H3,(H,23,28)(H,24,27)/b6-5+. The van der Waals surface area contributed by atoms with Crippen LogP contribution in [0.15, 0.2) is 36.4 Å². The summed E-state index contributed by atoms with van der Waals surface area (Å²) in [5.74, 6) is -2.62. The summed E-state index contributed by atoms with van der Waals surface area (Å²) in [5.41, 5.74) is 1.03. The molecule has 2 N–H and O–H groups in total. The highest BCUT2D eigenvalue weighted by atomic mass is 16.5. The third-order valence-electron chi connectivity index (χ3n) is 4.41.